The van der Waals surface area contributed by atoms with E-state index in [1.54, 1.807) is 0 Å². The second-order valence-electron chi connectivity index (χ2n) is 6.48. The van der Waals surface area contributed by atoms with Gasteiger partial charge in [0, 0.05) is 23.7 Å². The largest absolute Gasteiger partial charge is 0.490 e. The van der Waals surface area contributed by atoms with Gasteiger partial charge in [0.2, 0.25) is 0 Å². The normalized spacial score (nSPS) is 13.8. The molecule has 0 radical (unpaired) electrons. The predicted octanol–water partition coefficient (Wildman–Crippen LogP) is 2.87. The van der Waals surface area contributed by atoms with E-state index in [2.05, 4.69) is 25.5 Å². The molecule has 8 heteroatoms. The first-order valence-corrected chi connectivity index (χ1v) is 9.12. The molecule has 2 aromatic carbocycles. The summed E-state index contributed by atoms with van der Waals surface area (Å²) in [4.78, 5) is 8.78. The highest BCUT2D eigenvalue weighted by atomic mass is 16.5. The zero-order chi connectivity index (χ0) is 19.3. The van der Waals surface area contributed by atoms with Crippen molar-refractivity contribution in [2.75, 3.05) is 18.5 Å². The highest BCUT2D eigenvalue weighted by molar-refractivity contribution is 5.92. The summed E-state index contributed by atoms with van der Waals surface area (Å²) in [5.41, 5.74) is 8.81. The second-order valence-corrected chi connectivity index (χ2v) is 6.48. The molecule has 4 N–H and O–H groups in total. The number of nitrogens with one attached hydrogen (secondary N) is 2. The molecule has 0 amide bonds. The van der Waals surface area contributed by atoms with E-state index in [4.69, 9.17) is 15.2 Å². The fourth-order valence-corrected chi connectivity index (χ4v) is 2.89. The van der Waals surface area contributed by atoms with Crippen LogP contribution in [-0.4, -0.2) is 34.4 Å². The molecule has 0 saturated heterocycles. The lowest BCUT2D eigenvalue weighted by molar-refractivity contribution is 0.297. The monoisotopic (exact) mass is 378 g/mol. The molecule has 1 aromatic heterocycles. The van der Waals surface area contributed by atoms with Crippen LogP contribution in [0.4, 0.5) is 5.69 Å². The Hall–Kier alpha value is -3.55. The molecule has 0 spiro atoms. The molecule has 0 saturated carbocycles. The summed E-state index contributed by atoms with van der Waals surface area (Å²) in [7, 11) is 0. The third kappa shape index (κ3) is 4.22. The maximum absolute atomic E-state index is 6.05. The third-order valence-electron chi connectivity index (χ3n) is 4.23. The molecule has 4 rings (SSSR count). The van der Waals surface area contributed by atoms with Crippen LogP contribution >= 0.6 is 0 Å². The van der Waals surface area contributed by atoms with Crippen molar-refractivity contribution in [2.45, 2.75) is 19.9 Å². The van der Waals surface area contributed by atoms with Crippen molar-refractivity contribution in [2.24, 2.45) is 10.7 Å². The van der Waals surface area contributed by atoms with Gasteiger partial charge in [-0.3, -0.25) is 5.10 Å². The number of nitrogens with two attached hydrogens (primary N) is 1. The Bertz CT molecular complexity index is 998. The topological polar surface area (TPSA) is 110 Å². The number of aliphatic imine (C=N–C) groups is 1. The van der Waals surface area contributed by atoms with Gasteiger partial charge in [-0.05, 0) is 30.7 Å². The van der Waals surface area contributed by atoms with Gasteiger partial charge in [-0.2, -0.15) is 5.10 Å². The van der Waals surface area contributed by atoms with Crippen LogP contribution < -0.4 is 20.5 Å². The Morgan fingerprint density at radius 1 is 1.18 bits per heavy atom. The SMILES string of the molecule is Cc1nc(-c2cccc(CN=C(N)Nc3ccc4c(c3)OCCCO4)c2)n[nH]1. The number of aromatic nitrogens is 3. The fourth-order valence-electron chi connectivity index (χ4n) is 2.89. The lowest BCUT2D eigenvalue weighted by Gasteiger charge is -2.10. The molecule has 0 aliphatic carbocycles. The summed E-state index contributed by atoms with van der Waals surface area (Å²) in [6.07, 6.45) is 0.869. The number of aryl methyl sites for hydroxylation is 1. The summed E-state index contributed by atoms with van der Waals surface area (Å²) in [5, 5.41) is 10.1. The van der Waals surface area contributed by atoms with E-state index in [0.29, 0.717) is 37.3 Å². The number of hydrogen-bond donors (Lipinski definition) is 3. The first-order chi connectivity index (χ1) is 13.7. The first-order valence-electron chi connectivity index (χ1n) is 9.12. The van der Waals surface area contributed by atoms with Crippen molar-refractivity contribution < 1.29 is 9.47 Å². The number of H-pyrrole nitrogens is 1. The van der Waals surface area contributed by atoms with Crippen molar-refractivity contribution in [1.29, 1.82) is 0 Å². The molecule has 3 aromatic rings. The van der Waals surface area contributed by atoms with Crippen molar-refractivity contribution >= 4 is 11.6 Å². The Morgan fingerprint density at radius 2 is 2.04 bits per heavy atom. The van der Waals surface area contributed by atoms with Crippen LogP contribution in [0.2, 0.25) is 0 Å². The minimum Gasteiger partial charge on any atom is -0.490 e. The lowest BCUT2D eigenvalue weighted by atomic mass is 10.1. The number of benzene rings is 2. The summed E-state index contributed by atoms with van der Waals surface area (Å²) in [5.74, 6) is 3.24. The Kier molecular flexibility index (Phi) is 5.09. The maximum atomic E-state index is 6.05. The molecule has 8 nitrogen and oxygen atoms in total. The highest BCUT2D eigenvalue weighted by Crippen LogP contribution is 2.32. The number of guanidine groups is 1. The number of anilines is 1. The molecular formula is C20H22N6O2. The minimum absolute atomic E-state index is 0.327. The summed E-state index contributed by atoms with van der Waals surface area (Å²) in [6.45, 7) is 3.62. The number of hydrogen-bond acceptors (Lipinski definition) is 5. The van der Waals surface area contributed by atoms with Gasteiger partial charge in [-0.25, -0.2) is 9.98 Å². The van der Waals surface area contributed by atoms with Crippen LogP contribution in [0.15, 0.2) is 47.5 Å². The number of fused-ring (bicyclic) bond motifs is 1. The Labute approximate surface area is 162 Å². The Balaban J connectivity index is 1.43. The van der Waals surface area contributed by atoms with Gasteiger partial charge in [0.1, 0.15) is 5.82 Å². The zero-order valence-electron chi connectivity index (χ0n) is 15.6. The van der Waals surface area contributed by atoms with Crippen LogP contribution in [0.3, 0.4) is 0 Å². The van der Waals surface area contributed by atoms with Gasteiger partial charge in [0.15, 0.2) is 23.3 Å². The fraction of sp³-hybridized carbons (Fsp3) is 0.250. The highest BCUT2D eigenvalue weighted by Gasteiger charge is 2.11. The predicted molar refractivity (Wildman–Crippen MR) is 108 cm³/mol. The van der Waals surface area contributed by atoms with Crippen molar-refractivity contribution in [3.8, 4) is 22.9 Å². The number of ether oxygens (including phenoxy) is 2. The second kappa shape index (κ2) is 7.99. The van der Waals surface area contributed by atoms with Crippen LogP contribution in [0.5, 0.6) is 11.5 Å². The van der Waals surface area contributed by atoms with E-state index in [-0.39, 0.29) is 0 Å². The Morgan fingerprint density at radius 3 is 2.86 bits per heavy atom. The third-order valence-corrected chi connectivity index (χ3v) is 4.23. The lowest BCUT2D eigenvalue weighted by Crippen LogP contribution is -2.22. The molecule has 144 valence electrons. The molecule has 0 atom stereocenters. The van der Waals surface area contributed by atoms with Gasteiger partial charge in [-0.1, -0.05) is 18.2 Å². The standard InChI is InChI=1S/C20H22N6O2/c1-13-23-19(26-25-13)15-5-2-4-14(10-15)12-22-20(21)24-16-6-7-17-18(11-16)28-9-3-8-27-17/h2,4-7,10-11H,3,8-9,12H2,1H3,(H3,21,22,24)(H,23,25,26). The zero-order valence-corrected chi connectivity index (χ0v) is 15.6. The molecule has 0 fully saturated rings. The van der Waals surface area contributed by atoms with Crippen LogP contribution in [-0.2, 0) is 6.54 Å². The quantitative estimate of drug-likeness (QED) is 0.476. The first kappa shape index (κ1) is 17.8. The maximum Gasteiger partial charge on any atom is 0.193 e. The molecule has 28 heavy (non-hydrogen) atoms. The van der Waals surface area contributed by atoms with Gasteiger partial charge < -0.3 is 20.5 Å². The van der Waals surface area contributed by atoms with Crippen LogP contribution in [0, 0.1) is 6.92 Å². The van der Waals surface area contributed by atoms with Crippen LogP contribution in [0.1, 0.15) is 17.8 Å². The molecule has 2 heterocycles. The molecule has 0 unspecified atom stereocenters. The van der Waals surface area contributed by atoms with Gasteiger partial charge in [0.05, 0.1) is 19.8 Å². The summed E-state index contributed by atoms with van der Waals surface area (Å²) in [6, 6.07) is 13.6. The number of rotatable bonds is 4. The minimum atomic E-state index is 0.327. The number of nitrogens with zero attached hydrogens (tertiary/aromatic N) is 3. The van der Waals surface area contributed by atoms with E-state index >= 15 is 0 Å². The van der Waals surface area contributed by atoms with E-state index in [9.17, 15) is 0 Å². The van der Waals surface area contributed by atoms with E-state index < -0.39 is 0 Å². The average Bonchev–Trinajstić information content (AvgIpc) is 3.00. The van der Waals surface area contributed by atoms with Crippen LogP contribution in [0.25, 0.3) is 11.4 Å². The molecular weight excluding hydrogens is 356 g/mol. The molecule has 1 aliphatic rings. The van der Waals surface area contributed by atoms with Gasteiger partial charge in [-0.15, -0.1) is 0 Å². The molecule has 0 bridgehead atoms. The molecule has 1 aliphatic heterocycles. The van der Waals surface area contributed by atoms with Crippen molar-refractivity contribution in [1.82, 2.24) is 15.2 Å². The van der Waals surface area contributed by atoms with E-state index in [1.807, 2.05) is 49.4 Å². The summed E-state index contributed by atoms with van der Waals surface area (Å²) < 4.78 is 11.3. The van der Waals surface area contributed by atoms with Gasteiger partial charge >= 0.3 is 0 Å². The number of aromatic amines is 1. The average molecular weight is 378 g/mol. The van der Waals surface area contributed by atoms with Crippen molar-refractivity contribution in [3.05, 3.63) is 53.9 Å². The van der Waals surface area contributed by atoms with Crippen molar-refractivity contribution in [3.63, 3.8) is 0 Å². The van der Waals surface area contributed by atoms with E-state index in [0.717, 1.165) is 34.8 Å². The smallest absolute Gasteiger partial charge is 0.193 e. The van der Waals surface area contributed by atoms with E-state index in [1.165, 1.54) is 0 Å². The van der Waals surface area contributed by atoms with Gasteiger partial charge in [0.25, 0.3) is 0 Å². The summed E-state index contributed by atoms with van der Waals surface area (Å²) >= 11 is 0.